The van der Waals surface area contributed by atoms with Crippen molar-refractivity contribution < 1.29 is 4.79 Å². The quantitative estimate of drug-likeness (QED) is 0.106. The number of nitrogens with one attached hydrogen (secondary N) is 1. The summed E-state index contributed by atoms with van der Waals surface area (Å²) < 4.78 is 3.87. The van der Waals surface area contributed by atoms with Crippen molar-refractivity contribution in [2.45, 2.75) is 55.3 Å². The van der Waals surface area contributed by atoms with Gasteiger partial charge in [-0.25, -0.2) is 0 Å². The van der Waals surface area contributed by atoms with Gasteiger partial charge in [-0.05, 0) is 25.3 Å². The molecule has 0 bridgehead atoms. The van der Waals surface area contributed by atoms with Crippen molar-refractivity contribution in [2.75, 3.05) is 6.26 Å². The second kappa shape index (κ2) is 16.4. The molecule has 1 aliphatic rings. The van der Waals surface area contributed by atoms with Crippen molar-refractivity contribution in [3.05, 3.63) is 41.0 Å². The van der Waals surface area contributed by atoms with Crippen LogP contribution < -0.4 is 5.43 Å². The van der Waals surface area contributed by atoms with Gasteiger partial charge >= 0.3 is 69.5 Å². The summed E-state index contributed by atoms with van der Waals surface area (Å²) >= 11 is 5.68. The van der Waals surface area contributed by atoms with Gasteiger partial charge in [0, 0.05) is 11.3 Å². The summed E-state index contributed by atoms with van der Waals surface area (Å²) in [5, 5.41) is 0. The molecule has 3 nitrogen and oxygen atoms in total. The first kappa shape index (κ1) is 23.9. The summed E-state index contributed by atoms with van der Waals surface area (Å²) in [6.45, 7) is 6.39. The zero-order valence-corrected chi connectivity index (χ0v) is 19.8. The van der Waals surface area contributed by atoms with Crippen LogP contribution in [-0.2, 0) is 17.0 Å². The molecule has 0 aliphatic heterocycles. The SMILES string of the molecule is CCC[CH2][Sn][CH2]CCC.CSC(=[SH+])[N-]NC(C)=C1C=CC=CC1=O. The first-order chi connectivity index (χ1) is 11.6. The number of nitrogens with zero attached hydrogens (tertiary/aromatic N) is 1. The zero-order valence-electron chi connectivity index (χ0n) is 15.3. The molecule has 0 aromatic carbocycles. The Kier molecular flexibility index (Phi) is 16.3. The molecule has 0 amide bonds. The Morgan fingerprint density at radius 1 is 1.21 bits per heavy atom. The number of ketones is 1. The Morgan fingerprint density at radius 3 is 2.29 bits per heavy atom. The molecule has 1 rings (SSSR count). The number of rotatable bonds is 8. The number of carbonyl (C=O) groups excluding carboxylic acids is 1. The van der Waals surface area contributed by atoms with Crippen LogP contribution in [-0.4, -0.2) is 37.5 Å². The van der Waals surface area contributed by atoms with E-state index in [2.05, 4.69) is 36.9 Å². The Labute approximate surface area is 167 Å². The summed E-state index contributed by atoms with van der Waals surface area (Å²) in [5.41, 5.74) is 8.13. The molecular weight excluding hydrogens is 443 g/mol. The first-order valence-electron chi connectivity index (χ1n) is 8.44. The van der Waals surface area contributed by atoms with Crippen molar-refractivity contribution in [1.29, 1.82) is 0 Å². The fourth-order valence-corrected chi connectivity index (χ4v) is 6.09. The third-order valence-electron chi connectivity index (χ3n) is 3.21. The second-order valence-electron chi connectivity index (χ2n) is 5.29. The number of hydrogen-bond donors (Lipinski definition) is 1. The van der Waals surface area contributed by atoms with Crippen molar-refractivity contribution in [2.24, 2.45) is 0 Å². The minimum Gasteiger partial charge on any atom is -0.485 e. The van der Waals surface area contributed by atoms with E-state index in [4.69, 9.17) is 0 Å². The number of unbranched alkanes of at least 4 members (excludes halogenated alkanes) is 2. The molecular formula is C18H30N2OS2Sn. The van der Waals surface area contributed by atoms with Crippen molar-refractivity contribution in [1.82, 2.24) is 5.43 Å². The predicted octanol–water partition coefficient (Wildman–Crippen LogP) is 4.69. The average molecular weight is 473 g/mol. The van der Waals surface area contributed by atoms with Gasteiger partial charge in [0.1, 0.15) is 12.2 Å². The molecule has 2 radical (unpaired) electrons. The monoisotopic (exact) mass is 474 g/mol. The molecule has 1 N–H and O–H groups in total. The van der Waals surface area contributed by atoms with Gasteiger partial charge < -0.3 is 10.9 Å². The number of allylic oxidation sites excluding steroid dienone is 6. The van der Waals surface area contributed by atoms with Gasteiger partial charge in [0.15, 0.2) is 10.1 Å². The van der Waals surface area contributed by atoms with E-state index < -0.39 is 0 Å². The second-order valence-corrected chi connectivity index (χ2v) is 11.1. The van der Waals surface area contributed by atoms with Crippen molar-refractivity contribution in [3.8, 4) is 0 Å². The Balaban J connectivity index is 0.000000506. The summed E-state index contributed by atoms with van der Waals surface area (Å²) in [5.74, 6) is -0.0115. The van der Waals surface area contributed by atoms with Gasteiger partial charge in [-0.15, -0.1) is 0 Å². The van der Waals surface area contributed by atoms with Gasteiger partial charge in [-0.2, -0.15) is 0 Å². The zero-order chi connectivity index (χ0) is 18.2. The molecule has 0 spiro atoms. The standard InChI is InChI=1S/C10H12N2OS2.2C4H9.Sn/c1-7(11-12-10(14)15-2)8-5-3-4-6-9(8)13;2*1-3-4-2;/h3-6H,1-2H3,(H2,11,12,13,14);2*1,3-4H2,2H3;. The van der Waals surface area contributed by atoms with Gasteiger partial charge in [0.25, 0.3) is 0 Å². The average Bonchev–Trinajstić information content (AvgIpc) is 2.60. The molecule has 1 aliphatic carbocycles. The molecule has 0 heterocycles. The molecule has 0 aromatic rings. The number of thioether (sulfide) groups is 1. The minimum atomic E-state index is -0.0115. The summed E-state index contributed by atoms with van der Waals surface area (Å²) in [6.07, 6.45) is 14.5. The van der Waals surface area contributed by atoms with Gasteiger partial charge in [0.2, 0.25) is 0 Å². The van der Waals surface area contributed by atoms with Gasteiger partial charge in [0.05, 0.1) is 0 Å². The van der Waals surface area contributed by atoms with E-state index in [9.17, 15) is 4.79 Å². The summed E-state index contributed by atoms with van der Waals surface area (Å²) in [7, 11) is 0. The van der Waals surface area contributed by atoms with Crippen LogP contribution in [0.2, 0.25) is 8.87 Å². The van der Waals surface area contributed by atoms with Gasteiger partial charge in [-0.3, -0.25) is 4.79 Å². The van der Waals surface area contributed by atoms with E-state index in [0.717, 1.165) is 5.70 Å². The Morgan fingerprint density at radius 2 is 1.79 bits per heavy atom. The van der Waals surface area contributed by atoms with Gasteiger partial charge in [-0.1, -0.05) is 23.9 Å². The third kappa shape index (κ3) is 12.3. The maximum absolute atomic E-state index is 11.4. The molecule has 6 heteroatoms. The van der Waals surface area contributed by atoms with Crippen LogP contribution >= 0.6 is 11.8 Å². The van der Waals surface area contributed by atoms with Crippen LogP contribution in [0.15, 0.2) is 35.6 Å². The van der Waals surface area contributed by atoms with Crippen molar-refractivity contribution >= 4 is 55.2 Å². The van der Waals surface area contributed by atoms with Crippen molar-refractivity contribution in [3.63, 3.8) is 0 Å². The first-order valence-corrected chi connectivity index (χ1v) is 14.1. The maximum atomic E-state index is 11.4. The number of carbonyl (C=O) groups is 1. The van der Waals surface area contributed by atoms with Crippen LogP contribution in [0.25, 0.3) is 5.43 Å². The van der Waals surface area contributed by atoms with E-state index >= 15 is 0 Å². The number of thiol groups is 1. The fraction of sp³-hybridized carbons (Fsp3) is 0.556. The fourth-order valence-electron chi connectivity index (χ4n) is 1.74. The van der Waals surface area contributed by atoms with Crippen LogP contribution in [0, 0.1) is 0 Å². The molecule has 0 saturated carbocycles. The molecule has 24 heavy (non-hydrogen) atoms. The van der Waals surface area contributed by atoms with E-state index in [1.54, 1.807) is 21.0 Å². The molecule has 0 fully saturated rings. The van der Waals surface area contributed by atoms with Crippen LogP contribution in [0.4, 0.5) is 0 Å². The molecule has 0 saturated heterocycles. The molecule has 134 valence electrons. The maximum Gasteiger partial charge on any atom is 0.187 e. The molecule has 0 atom stereocenters. The van der Waals surface area contributed by atoms with E-state index in [0.29, 0.717) is 9.89 Å². The molecule has 0 aromatic heterocycles. The largest absolute Gasteiger partial charge is 0.485 e. The molecule has 0 unspecified atom stereocenters. The normalized spacial score (nSPS) is 14.9. The third-order valence-corrected chi connectivity index (χ3v) is 8.35. The predicted molar refractivity (Wildman–Crippen MR) is 115 cm³/mol. The topological polar surface area (TPSA) is 43.2 Å². The Hall–Kier alpha value is -0.111. The minimum absolute atomic E-state index is 0.0115. The Bertz CT molecular complexity index is 468. The van der Waals surface area contributed by atoms with Crippen LogP contribution in [0.5, 0.6) is 0 Å². The number of hydrogen-bond acceptors (Lipinski definition) is 3. The summed E-state index contributed by atoms with van der Waals surface area (Å²) in [4.78, 5) is 11.4. The van der Waals surface area contributed by atoms with Crippen LogP contribution in [0.1, 0.15) is 46.5 Å². The summed E-state index contributed by atoms with van der Waals surface area (Å²) in [6, 6.07) is 0. The van der Waals surface area contributed by atoms with E-state index in [-0.39, 0.29) is 26.9 Å². The van der Waals surface area contributed by atoms with E-state index in [1.165, 1.54) is 43.5 Å². The van der Waals surface area contributed by atoms with Crippen LogP contribution in [0.3, 0.4) is 0 Å². The van der Waals surface area contributed by atoms with E-state index in [1.807, 2.05) is 19.3 Å². The smallest absolute Gasteiger partial charge is 0.187 e.